The number of urea groups is 1. The Morgan fingerprint density at radius 3 is 2.87 bits per heavy atom. The van der Waals surface area contributed by atoms with Crippen LogP contribution in [0.25, 0.3) is 0 Å². The number of piperidine rings is 1. The van der Waals surface area contributed by atoms with E-state index in [1.807, 2.05) is 13.0 Å². The number of benzene rings is 1. The molecule has 5 heteroatoms. The molecule has 0 aromatic heterocycles. The SMILES string of the molecule is C[C@H](CCO)NC(=O)NCC1CCCCN1Cc1ccccc1. The van der Waals surface area contributed by atoms with Gasteiger partial charge in [-0.05, 0) is 38.3 Å². The summed E-state index contributed by atoms with van der Waals surface area (Å²) in [5.74, 6) is 0. The van der Waals surface area contributed by atoms with Crippen molar-refractivity contribution < 1.29 is 9.90 Å². The van der Waals surface area contributed by atoms with E-state index in [-0.39, 0.29) is 18.7 Å². The zero-order chi connectivity index (χ0) is 16.5. The first kappa shape index (κ1) is 17.8. The van der Waals surface area contributed by atoms with Crippen molar-refractivity contribution in [3.63, 3.8) is 0 Å². The maximum absolute atomic E-state index is 11.9. The summed E-state index contributed by atoms with van der Waals surface area (Å²) >= 11 is 0. The predicted molar refractivity (Wildman–Crippen MR) is 92.2 cm³/mol. The molecule has 0 radical (unpaired) electrons. The van der Waals surface area contributed by atoms with Gasteiger partial charge < -0.3 is 15.7 Å². The van der Waals surface area contributed by atoms with Gasteiger partial charge >= 0.3 is 6.03 Å². The third-order valence-corrected chi connectivity index (χ3v) is 4.42. The first-order chi connectivity index (χ1) is 11.2. The predicted octanol–water partition coefficient (Wildman–Crippen LogP) is 2.11. The first-order valence-electron chi connectivity index (χ1n) is 8.62. The van der Waals surface area contributed by atoms with Crippen LogP contribution in [0.4, 0.5) is 4.79 Å². The molecule has 23 heavy (non-hydrogen) atoms. The second kappa shape index (κ2) is 9.53. The number of aliphatic hydroxyl groups is 1. The summed E-state index contributed by atoms with van der Waals surface area (Å²) in [7, 11) is 0. The van der Waals surface area contributed by atoms with Crippen molar-refractivity contribution in [2.45, 2.75) is 51.2 Å². The summed E-state index contributed by atoms with van der Waals surface area (Å²) < 4.78 is 0. The van der Waals surface area contributed by atoms with E-state index in [2.05, 4.69) is 39.8 Å². The lowest BCUT2D eigenvalue weighted by molar-refractivity contribution is 0.138. The quantitative estimate of drug-likeness (QED) is 0.721. The maximum atomic E-state index is 11.9. The van der Waals surface area contributed by atoms with Crippen molar-refractivity contribution in [1.82, 2.24) is 15.5 Å². The molecule has 1 aliphatic heterocycles. The lowest BCUT2D eigenvalue weighted by Gasteiger charge is -2.36. The van der Waals surface area contributed by atoms with E-state index >= 15 is 0 Å². The van der Waals surface area contributed by atoms with E-state index in [4.69, 9.17) is 5.11 Å². The number of carbonyl (C=O) groups is 1. The third kappa shape index (κ3) is 6.20. The molecule has 1 saturated heterocycles. The van der Waals surface area contributed by atoms with Crippen molar-refractivity contribution in [1.29, 1.82) is 0 Å². The van der Waals surface area contributed by atoms with Gasteiger partial charge in [-0.15, -0.1) is 0 Å². The number of nitrogens with zero attached hydrogens (tertiary/aromatic N) is 1. The monoisotopic (exact) mass is 319 g/mol. The van der Waals surface area contributed by atoms with E-state index in [0.29, 0.717) is 19.0 Å². The Balaban J connectivity index is 1.80. The lowest BCUT2D eigenvalue weighted by Crippen LogP contribution is -2.49. The van der Waals surface area contributed by atoms with Gasteiger partial charge in [0.15, 0.2) is 0 Å². The fourth-order valence-corrected chi connectivity index (χ4v) is 3.07. The standard InChI is InChI=1S/C18H29N3O2/c1-15(10-12-22)20-18(23)19-13-17-9-5-6-11-21(17)14-16-7-3-2-4-8-16/h2-4,7-8,15,17,22H,5-6,9-14H2,1H3,(H2,19,20,23)/t15-,17?/m1/s1. The largest absolute Gasteiger partial charge is 0.396 e. The van der Waals surface area contributed by atoms with Gasteiger partial charge in [0, 0.05) is 31.8 Å². The van der Waals surface area contributed by atoms with Gasteiger partial charge in [0.25, 0.3) is 0 Å². The molecule has 0 aliphatic carbocycles. The van der Waals surface area contributed by atoms with E-state index in [0.717, 1.165) is 19.5 Å². The molecule has 1 fully saturated rings. The third-order valence-electron chi connectivity index (χ3n) is 4.42. The van der Waals surface area contributed by atoms with Crippen LogP contribution in [0.15, 0.2) is 30.3 Å². The Hall–Kier alpha value is -1.59. The van der Waals surface area contributed by atoms with Crippen LogP contribution in [-0.4, -0.2) is 47.8 Å². The van der Waals surface area contributed by atoms with E-state index in [9.17, 15) is 4.79 Å². The highest BCUT2D eigenvalue weighted by Crippen LogP contribution is 2.19. The second-order valence-electron chi connectivity index (χ2n) is 6.37. The number of hydrogen-bond acceptors (Lipinski definition) is 3. The summed E-state index contributed by atoms with van der Waals surface area (Å²) in [4.78, 5) is 14.4. The van der Waals surface area contributed by atoms with Gasteiger partial charge in [-0.2, -0.15) is 0 Å². The first-order valence-corrected chi connectivity index (χ1v) is 8.62. The average molecular weight is 319 g/mol. The van der Waals surface area contributed by atoms with Gasteiger partial charge in [0.1, 0.15) is 0 Å². The molecule has 5 nitrogen and oxygen atoms in total. The molecule has 1 heterocycles. The van der Waals surface area contributed by atoms with E-state index in [1.54, 1.807) is 0 Å². The zero-order valence-corrected chi connectivity index (χ0v) is 14.0. The summed E-state index contributed by atoms with van der Waals surface area (Å²) in [6.45, 7) is 4.69. The number of amides is 2. The van der Waals surface area contributed by atoms with Crippen LogP contribution >= 0.6 is 0 Å². The lowest BCUT2D eigenvalue weighted by atomic mass is 10.0. The Bertz CT molecular complexity index is 467. The summed E-state index contributed by atoms with van der Waals surface area (Å²) in [6.07, 6.45) is 4.15. The minimum atomic E-state index is -0.142. The van der Waals surface area contributed by atoms with Gasteiger partial charge in [0.2, 0.25) is 0 Å². The summed E-state index contributed by atoms with van der Waals surface area (Å²) in [5, 5.41) is 14.7. The van der Waals surface area contributed by atoms with Crippen molar-refractivity contribution in [2.75, 3.05) is 19.7 Å². The molecule has 2 amide bonds. The van der Waals surface area contributed by atoms with Gasteiger partial charge in [-0.3, -0.25) is 4.90 Å². The molecule has 0 saturated carbocycles. The van der Waals surface area contributed by atoms with Crippen molar-refractivity contribution >= 4 is 6.03 Å². The van der Waals surface area contributed by atoms with Gasteiger partial charge in [0.05, 0.1) is 0 Å². The maximum Gasteiger partial charge on any atom is 0.315 e. The number of hydrogen-bond donors (Lipinski definition) is 3. The van der Waals surface area contributed by atoms with Crippen LogP contribution < -0.4 is 10.6 Å². The van der Waals surface area contributed by atoms with Crippen LogP contribution in [0.3, 0.4) is 0 Å². The zero-order valence-electron chi connectivity index (χ0n) is 14.0. The Kier molecular flexibility index (Phi) is 7.36. The van der Waals surface area contributed by atoms with Crippen LogP contribution in [0, 0.1) is 0 Å². The highest BCUT2D eigenvalue weighted by Gasteiger charge is 2.23. The number of carbonyl (C=O) groups excluding carboxylic acids is 1. The smallest absolute Gasteiger partial charge is 0.315 e. The van der Waals surface area contributed by atoms with Crippen molar-refractivity contribution in [2.24, 2.45) is 0 Å². The molecule has 2 atom stereocenters. The normalized spacial score (nSPS) is 20.0. The van der Waals surface area contributed by atoms with Crippen LogP contribution in [0.2, 0.25) is 0 Å². The number of aliphatic hydroxyl groups excluding tert-OH is 1. The van der Waals surface area contributed by atoms with E-state index in [1.165, 1.54) is 18.4 Å². The molecular weight excluding hydrogens is 290 g/mol. The number of likely N-dealkylation sites (tertiary alicyclic amines) is 1. The minimum absolute atomic E-state index is 0.00761. The molecule has 1 aliphatic rings. The second-order valence-corrected chi connectivity index (χ2v) is 6.37. The van der Waals surface area contributed by atoms with Gasteiger partial charge in [-0.1, -0.05) is 36.8 Å². The molecule has 0 bridgehead atoms. The van der Waals surface area contributed by atoms with Crippen LogP contribution in [0.5, 0.6) is 0 Å². The van der Waals surface area contributed by atoms with Crippen LogP contribution in [-0.2, 0) is 6.54 Å². The molecule has 1 aromatic carbocycles. The highest BCUT2D eigenvalue weighted by molar-refractivity contribution is 5.74. The summed E-state index contributed by atoms with van der Waals surface area (Å²) in [6, 6.07) is 10.7. The Labute approximate surface area is 139 Å². The number of nitrogens with one attached hydrogen (secondary N) is 2. The fraction of sp³-hybridized carbons (Fsp3) is 0.611. The van der Waals surface area contributed by atoms with Crippen molar-refractivity contribution in [3.05, 3.63) is 35.9 Å². The van der Waals surface area contributed by atoms with E-state index < -0.39 is 0 Å². The molecule has 0 spiro atoms. The molecular formula is C18H29N3O2. The molecule has 128 valence electrons. The molecule has 2 rings (SSSR count). The molecule has 1 unspecified atom stereocenters. The fourth-order valence-electron chi connectivity index (χ4n) is 3.07. The number of rotatable bonds is 7. The topological polar surface area (TPSA) is 64.6 Å². The summed E-state index contributed by atoms with van der Waals surface area (Å²) in [5.41, 5.74) is 1.32. The van der Waals surface area contributed by atoms with Gasteiger partial charge in [-0.25, -0.2) is 4.79 Å². The highest BCUT2D eigenvalue weighted by atomic mass is 16.3. The minimum Gasteiger partial charge on any atom is -0.396 e. The average Bonchev–Trinajstić information content (AvgIpc) is 2.55. The van der Waals surface area contributed by atoms with Crippen molar-refractivity contribution in [3.8, 4) is 0 Å². The Morgan fingerprint density at radius 1 is 1.35 bits per heavy atom. The Morgan fingerprint density at radius 2 is 2.13 bits per heavy atom. The van der Waals surface area contributed by atoms with Crippen LogP contribution in [0.1, 0.15) is 38.2 Å². The molecule has 3 N–H and O–H groups in total. The molecule has 1 aromatic rings.